The predicted molar refractivity (Wildman–Crippen MR) is 112 cm³/mol. The maximum absolute atomic E-state index is 12.7. The first-order valence-corrected chi connectivity index (χ1v) is 10.5. The summed E-state index contributed by atoms with van der Waals surface area (Å²) < 4.78 is 10.5. The van der Waals surface area contributed by atoms with Gasteiger partial charge in [-0.15, -0.1) is 10.2 Å². The van der Waals surface area contributed by atoms with E-state index in [4.69, 9.17) is 9.47 Å². The molecule has 1 N–H and O–H groups in total. The number of nitrogens with zero attached hydrogens (tertiary/aromatic N) is 3. The molecule has 156 valence electrons. The van der Waals surface area contributed by atoms with Crippen molar-refractivity contribution in [1.29, 1.82) is 0 Å². The average molecular weight is 419 g/mol. The molecule has 1 aliphatic rings. The molecule has 2 aromatic rings. The highest BCUT2D eigenvalue weighted by Crippen LogP contribution is 2.34. The Morgan fingerprint density at radius 3 is 2.62 bits per heavy atom. The number of carbonyl (C=O) groups excluding carboxylic acids is 2. The van der Waals surface area contributed by atoms with Gasteiger partial charge in [0.1, 0.15) is 5.01 Å². The molecule has 1 atom stereocenters. The fraction of sp³-hybridized carbons (Fsp3) is 0.500. The van der Waals surface area contributed by atoms with E-state index in [9.17, 15) is 9.59 Å². The van der Waals surface area contributed by atoms with E-state index in [1.54, 1.807) is 37.3 Å². The lowest BCUT2D eigenvalue weighted by molar-refractivity contribution is -0.122. The second kappa shape index (κ2) is 9.21. The molecule has 2 amide bonds. The molecule has 1 saturated heterocycles. The summed E-state index contributed by atoms with van der Waals surface area (Å²) in [7, 11) is 3.10. The number of benzene rings is 1. The third-order valence-corrected chi connectivity index (χ3v) is 6.18. The van der Waals surface area contributed by atoms with Gasteiger partial charge in [-0.05, 0) is 25.0 Å². The third-order valence-electron chi connectivity index (χ3n) is 5.18. The summed E-state index contributed by atoms with van der Waals surface area (Å²) in [6.07, 6.45) is 2.12. The van der Waals surface area contributed by atoms with Crippen LogP contribution >= 0.6 is 11.3 Å². The van der Waals surface area contributed by atoms with Gasteiger partial charge in [0.15, 0.2) is 11.5 Å². The molecule has 9 heteroatoms. The zero-order valence-electron chi connectivity index (χ0n) is 17.1. The first-order chi connectivity index (χ1) is 14.0. The van der Waals surface area contributed by atoms with E-state index < -0.39 is 5.92 Å². The molecule has 0 bridgehead atoms. The van der Waals surface area contributed by atoms with Gasteiger partial charge < -0.3 is 19.7 Å². The smallest absolute Gasteiger partial charge is 0.231 e. The third kappa shape index (κ3) is 4.50. The SMILES string of the molecule is CCC(CC)c1nnc(NC(=O)C2CC(=O)N(c3ccc(OC)c(OC)c3)C2)s1. The van der Waals surface area contributed by atoms with Crippen molar-refractivity contribution in [3.63, 3.8) is 0 Å². The number of aromatic nitrogens is 2. The summed E-state index contributed by atoms with van der Waals surface area (Å²) >= 11 is 1.40. The molecule has 8 nitrogen and oxygen atoms in total. The van der Waals surface area contributed by atoms with Crippen LogP contribution < -0.4 is 19.7 Å². The zero-order chi connectivity index (χ0) is 21.0. The molecular formula is C20H26N4O4S. The van der Waals surface area contributed by atoms with Gasteiger partial charge in [-0.25, -0.2) is 0 Å². The van der Waals surface area contributed by atoms with E-state index in [0.29, 0.717) is 34.8 Å². The molecule has 0 radical (unpaired) electrons. The zero-order valence-corrected chi connectivity index (χ0v) is 17.9. The van der Waals surface area contributed by atoms with Crippen LogP contribution in [0, 0.1) is 5.92 Å². The summed E-state index contributed by atoms with van der Waals surface area (Å²) in [6.45, 7) is 4.53. The van der Waals surface area contributed by atoms with Crippen molar-refractivity contribution < 1.29 is 19.1 Å². The monoisotopic (exact) mass is 418 g/mol. The van der Waals surface area contributed by atoms with Gasteiger partial charge in [-0.2, -0.15) is 0 Å². The normalized spacial score (nSPS) is 16.4. The van der Waals surface area contributed by atoms with Crippen LogP contribution in [0.2, 0.25) is 0 Å². The number of hydrogen-bond donors (Lipinski definition) is 1. The fourth-order valence-corrected chi connectivity index (χ4v) is 4.43. The Labute approximate surface area is 174 Å². The van der Waals surface area contributed by atoms with Gasteiger partial charge in [0.25, 0.3) is 0 Å². The van der Waals surface area contributed by atoms with Gasteiger partial charge in [0.05, 0.1) is 20.1 Å². The molecule has 1 aromatic heterocycles. The van der Waals surface area contributed by atoms with Crippen molar-refractivity contribution >= 4 is 34.0 Å². The van der Waals surface area contributed by atoms with Crippen LogP contribution in [-0.2, 0) is 9.59 Å². The van der Waals surface area contributed by atoms with Crippen molar-refractivity contribution in [1.82, 2.24) is 10.2 Å². The van der Waals surface area contributed by atoms with Gasteiger partial charge in [0.2, 0.25) is 16.9 Å². The van der Waals surface area contributed by atoms with Gasteiger partial charge in [-0.3, -0.25) is 9.59 Å². The summed E-state index contributed by atoms with van der Waals surface area (Å²) in [5.41, 5.74) is 0.676. The van der Waals surface area contributed by atoms with Gasteiger partial charge in [-0.1, -0.05) is 25.2 Å². The standard InChI is InChI=1S/C20H26N4O4S/c1-5-12(6-2)19-22-23-20(29-19)21-18(26)13-9-17(25)24(11-13)14-7-8-15(27-3)16(10-14)28-4/h7-8,10,12-13H,5-6,9,11H2,1-4H3,(H,21,23,26). The lowest BCUT2D eigenvalue weighted by Gasteiger charge is -2.18. The number of hydrogen-bond acceptors (Lipinski definition) is 7. The van der Waals surface area contributed by atoms with Crippen molar-refractivity contribution in [2.45, 2.75) is 39.0 Å². The molecule has 1 unspecified atom stereocenters. The van der Waals surface area contributed by atoms with Crippen LogP contribution in [0.25, 0.3) is 0 Å². The minimum absolute atomic E-state index is 0.104. The molecule has 0 saturated carbocycles. The van der Waals surface area contributed by atoms with Crippen LogP contribution in [0.5, 0.6) is 11.5 Å². The van der Waals surface area contributed by atoms with Crippen molar-refractivity contribution in [2.75, 3.05) is 31.0 Å². The minimum Gasteiger partial charge on any atom is -0.493 e. The van der Waals surface area contributed by atoms with Gasteiger partial charge >= 0.3 is 0 Å². The number of anilines is 2. The Balaban J connectivity index is 1.68. The first kappa shape index (κ1) is 21.0. The first-order valence-electron chi connectivity index (χ1n) is 9.67. The molecule has 0 spiro atoms. The molecule has 2 heterocycles. The maximum Gasteiger partial charge on any atom is 0.231 e. The van der Waals surface area contributed by atoms with E-state index in [2.05, 4.69) is 29.4 Å². The quantitative estimate of drug-likeness (QED) is 0.706. The summed E-state index contributed by atoms with van der Waals surface area (Å²) in [4.78, 5) is 26.8. The van der Waals surface area contributed by atoms with Gasteiger partial charge in [0, 0.05) is 30.6 Å². The Morgan fingerprint density at radius 2 is 1.97 bits per heavy atom. The van der Waals surface area contributed by atoms with Crippen molar-refractivity contribution in [2.24, 2.45) is 5.92 Å². The second-order valence-corrected chi connectivity index (χ2v) is 7.90. The number of carbonyl (C=O) groups is 2. The van der Waals surface area contributed by atoms with E-state index in [1.807, 2.05) is 0 Å². The van der Waals surface area contributed by atoms with E-state index in [-0.39, 0.29) is 18.2 Å². The lowest BCUT2D eigenvalue weighted by atomic mass is 10.1. The molecule has 1 aromatic carbocycles. The Morgan fingerprint density at radius 1 is 1.24 bits per heavy atom. The second-order valence-electron chi connectivity index (χ2n) is 6.89. The molecule has 0 aliphatic carbocycles. The van der Waals surface area contributed by atoms with Crippen molar-refractivity contribution in [3.8, 4) is 11.5 Å². The van der Waals surface area contributed by atoms with E-state index >= 15 is 0 Å². The van der Waals surface area contributed by atoms with E-state index in [1.165, 1.54) is 11.3 Å². The topological polar surface area (TPSA) is 93.7 Å². The Bertz CT molecular complexity index is 881. The van der Waals surface area contributed by atoms with Crippen LogP contribution in [-0.4, -0.2) is 42.8 Å². The van der Waals surface area contributed by atoms with Crippen LogP contribution in [0.1, 0.15) is 44.0 Å². The summed E-state index contributed by atoms with van der Waals surface area (Å²) in [5, 5.41) is 12.5. The summed E-state index contributed by atoms with van der Waals surface area (Å²) in [5.74, 6) is 0.707. The van der Waals surface area contributed by atoms with E-state index in [0.717, 1.165) is 17.8 Å². The number of methoxy groups -OCH3 is 2. The van der Waals surface area contributed by atoms with Crippen LogP contribution in [0.3, 0.4) is 0 Å². The Hall–Kier alpha value is -2.68. The highest BCUT2D eigenvalue weighted by molar-refractivity contribution is 7.15. The Kier molecular flexibility index (Phi) is 6.68. The minimum atomic E-state index is -0.448. The summed E-state index contributed by atoms with van der Waals surface area (Å²) in [6, 6.07) is 5.27. The van der Waals surface area contributed by atoms with Crippen LogP contribution in [0.15, 0.2) is 18.2 Å². The molecule has 1 fully saturated rings. The highest BCUT2D eigenvalue weighted by Gasteiger charge is 2.36. The predicted octanol–water partition coefficient (Wildman–Crippen LogP) is 3.45. The number of amides is 2. The lowest BCUT2D eigenvalue weighted by Crippen LogP contribution is -2.28. The molecule has 1 aliphatic heterocycles. The largest absolute Gasteiger partial charge is 0.493 e. The molecule has 29 heavy (non-hydrogen) atoms. The maximum atomic E-state index is 12.7. The van der Waals surface area contributed by atoms with Crippen molar-refractivity contribution in [3.05, 3.63) is 23.2 Å². The number of nitrogens with one attached hydrogen (secondary N) is 1. The number of rotatable bonds is 8. The average Bonchev–Trinajstić information content (AvgIpc) is 3.35. The fourth-order valence-electron chi connectivity index (χ4n) is 3.42. The molecule has 3 rings (SSSR count). The molecular weight excluding hydrogens is 392 g/mol. The number of ether oxygens (including phenoxy) is 2. The van der Waals surface area contributed by atoms with Crippen LogP contribution in [0.4, 0.5) is 10.8 Å². The highest BCUT2D eigenvalue weighted by atomic mass is 32.1.